The summed E-state index contributed by atoms with van der Waals surface area (Å²) in [7, 11) is 0. The van der Waals surface area contributed by atoms with Gasteiger partial charge in [-0.3, -0.25) is 4.79 Å². The van der Waals surface area contributed by atoms with Gasteiger partial charge in [0.15, 0.2) is 0 Å². The van der Waals surface area contributed by atoms with E-state index >= 15 is 0 Å². The summed E-state index contributed by atoms with van der Waals surface area (Å²) in [5.74, 6) is 1.59. The molecule has 96 valence electrons. The van der Waals surface area contributed by atoms with Gasteiger partial charge in [-0.25, -0.2) is 0 Å². The topological polar surface area (TPSA) is 17.1 Å². The van der Waals surface area contributed by atoms with Crippen molar-refractivity contribution in [2.24, 2.45) is 11.8 Å². The van der Waals surface area contributed by atoms with Gasteiger partial charge in [-0.2, -0.15) is 0 Å². The zero-order chi connectivity index (χ0) is 12.5. The van der Waals surface area contributed by atoms with Gasteiger partial charge in [-0.05, 0) is 43.2 Å². The van der Waals surface area contributed by atoms with E-state index in [1.54, 1.807) is 0 Å². The molecule has 0 aromatic heterocycles. The number of ketones is 1. The first-order valence-electron chi connectivity index (χ1n) is 6.99. The highest BCUT2D eigenvalue weighted by molar-refractivity contribution is 8.00. The molecule has 1 aromatic rings. The molecule has 0 saturated heterocycles. The summed E-state index contributed by atoms with van der Waals surface area (Å²) in [5, 5.41) is 0.627. The van der Waals surface area contributed by atoms with Crippen LogP contribution in [0.15, 0.2) is 29.2 Å². The molecule has 0 spiro atoms. The summed E-state index contributed by atoms with van der Waals surface area (Å²) in [4.78, 5) is 13.4. The Morgan fingerprint density at radius 2 is 2.17 bits per heavy atom. The fourth-order valence-electron chi connectivity index (χ4n) is 3.26. The number of rotatable bonds is 2. The van der Waals surface area contributed by atoms with Gasteiger partial charge in [0.05, 0.1) is 0 Å². The zero-order valence-electron chi connectivity index (χ0n) is 10.9. The fraction of sp³-hybridized carbons (Fsp3) is 0.562. The third-order valence-electron chi connectivity index (χ3n) is 4.29. The van der Waals surface area contributed by atoms with Crippen molar-refractivity contribution >= 4 is 17.5 Å². The van der Waals surface area contributed by atoms with Crippen molar-refractivity contribution in [3.63, 3.8) is 0 Å². The molecular weight excluding hydrogens is 240 g/mol. The van der Waals surface area contributed by atoms with Gasteiger partial charge in [0.1, 0.15) is 5.78 Å². The van der Waals surface area contributed by atoms with Crippen molar-refractivity contribution in [2.75, 3.05) is 0 Å². The largest absolute Gasteiger partial charge is 0.299 e. The molecule has 0 radical (unpaired) electrons. The third-order valence-corrected chi connectivity index (χ3v) is 5.63. The Balaban J connectivity index is 1.63. The van der Waals surface area contributed by atoms with Crippen molar-refractivity contribution in [3.05, 3.63) is 29.8 Å². The smallest absolute Gasteiger partial charge is 0.136 e. The predicted octanol–water partition coefficient (Wildman–Crippen LogP) is 4.10. The number of Topliss-reactive ketones (excluding diaryl/α,β-unsaturated/α-hetero) is 1. The van der Waals surface area contributed by atoms with E-state index < -0.39 is 0 Å². The lowest BCUT2D eigenvalue weighted by atomic mass is 9.79. The van der Waals surface area contributed by atoms with Crippen LogP contribution in [0.3, 0.4) is 0 Å². The van der Waals surface area contributed by atoms with Crippen molar-refractivity contribution in [2.45, 2.75) is 49.2 Å². The molecule has 1 aliphatic heterocycles. The number of benzene rings is 1. The number of carbonyl (C=O) groups is 1. The first-order valence-corrected chi connectivity index (χ1v) is 7.87. The summed E-state index contributed by atoms with van der Waals surface area (Å²) in [6.45, 7) is 2.29. The summed E-state index contributed by atoms with van der Waals surface area (Å²) < 4.78 is 0. The van der Waals surface area contributed by atoms with Crippen LogP contribution < -0.4 is 0 Å². The molecule has 1 aromatic carbocycles. The lowest BCUT2D eigenvalue weighted by Crippen LogP contribution is -2.26. The maximum Gasteiger partial charge on any atom is 0.136 e. The first kappa shape index (κ1) is 12.3. The highest BCUT2D eigenvalue weighted by Gasteiger charge is 2.31. The molecule has 2 aliphatic rings. The average Bonchev–Trinajstić information content (AvgIpc) is 2.76. The lowest BCUT2D eigenvalue weighted by molar-refractivity contribution is -0.125. The van der Waals surface area contributed by atoms with E-state index in [0.717, 1.165) is 38.0 Å². The van der Waals surface area contributed by atoms with E-state index in [1.165, 1.54) is 10.5 Å². The highest BCUT2D eigenvalue weighted by atomic mass is 32.2. The number of fused-ring (bicyclic) bond motifs is 1. The van der Waals surface area contributed by atoms with Crippen LogP contribution in [0.4, 0.5) is 0 Å². The van der Waals surface area contributed by atoms with Crippen LogP contribution in [0.5, 0.6) is 0 Å². The Morgan fingerprint density at radius 1 is 1.33 bits per heavy atom. The summed E-state index contributed by atoms with van der Waals surface area (Å²) in [5.41, 5.74) is 1.48. The van der Waals surface area contributed by atoms with Crippen LogP contribution in [-0.2, 0) is 11.2 Å². The standard InChI is InChI=1S/C16H20OS/c1-11-6-7-15(17)13(8-11)10-14-9-12-4-2-3-5-16(12)18-14/h2-5,11,13-14H,6-10H2,1H3. The Hall–Kier alpha value is -0.760. The summed E-state index contributed by atoms with van der Waals surface area (Å²) in [6, 6.07) is 8.68. The van der Waals surface area contributed by atoms with Gasteiger partial charge in [-0.15, -0.1) is 11.8 Å². The maximum atomic E-state index is 12.0. The number of hydrogen-bond donors (Lipinski definition) is 0. The third kappa shape index (κ3) is 2.49. The molecule has 1 nitrogen and oxygen atoms in total. The molecule has 1 fully saturated rings. The summed E-state index contributed by atoms with van der Waals surface area (Å²) >= 11 is 1.98. The minimum absolute atomic E-state index is 0.334. The molecule has 0 amide bonds. The van der Waals surface area contributed by atoms with Crippen LogP contribution >= 0.6 is 11.8 Å². The zero-order valence-corrected chi connectivity index (χ0v) is 11.7. The molecule has 2 heteroatoms. The minimum atomic E-state index is 0.334. The van der Waals surface area contributed by atoms with Crippen molar-refractivity contribution in [1.29, 1.82) is 0 Å². The second-order valence-electron chi connectivity index (χ2n) is 5.83. The maximum absolute atomic E-state index is 12.0. The number of hydrogen-bond acceptors (Lipinski definition) is 2. The van der Waals surface area contributed by atoms with Gasteiger partial charge in [0, 0.05) is 22.5 Å². The Kier molecular flexibility index (Phi) is 3.47. The first-order chi connectivity index (χ1) is 8.72. The second-order valence-corrected chi connectivity index (χ2v) is 7.17. The van der Waals surface area contributed by atoms with Crippen molar-refractivity contribution < 1.29 is 4.79 Å². The predicted molar refractivity (Wildman–Crippen MR) is 75.9 cm³/mol. The normalized spacial score (nSPS) is 31.4. The molecule has 1 saturated carbocycles. The number of carbonyl (C=O) groups excluding carboxylic acids is 1. The number of thioether (sulfide) groups is 1. The molecule has 18 heavy (non-hydrogen) atoms. The summed E-state index contributed by atoms with van der Waals surface area (Å²) in [6.07, 6.45) is 5.28. The van der Waals surface area contributed by atoms with E-state index in [-0.39, 0.29) is 0 Å². The van der Waals surface area contributed by atoms with Crippen LogP contribution in [-0.4, -0.2) is 11.0 Å². The molecule has 3 atom stereocenters. The van der Waals surface area contributed by atoms with E-state index in [2.05, 4.69) is 31.2 Å². The molecule has 1 aliphatic carbocycles. The second kappa shape index (κ2) is 5.08. The minimum Gasteiger partial charge on any atom is -0.299 e. The SMILES string of the molecule is CC1CCC(=O)C(CC2Cc3ccccc3S2)C1. The Labute approximate surface area is 113 Å². The average molecular weight is 260 g/mol. The molecule has 1 heterocycles. The lowest BCUT2D eigenvalue weighted by Gasteiger charge is -2.27. The molecule has 3 rings (SSSR count). The molecule has 3 unspecified atom stereocenters. The van der Waals surface area contributed by atoms with Gasteiger partial charge in [-0.1, -0.05) is 25.1 Å². The van der Waals surface area contributed by atoms with E-state index in [4.69, 9.17) is 0 Å². The van der Waals surface area contributed by atoms with Crippen molar-refractivity contribution in [1.82, 2.24) is 0 Å². The molecular formula is C16H20OS. The van der Waals surface area contributed by atoms with Crippen LogP contribution in [0.1, 0.15) is 38.2 Å². The van der Waals surface area contributed by atoms with E-state index in [1.807, 2.05) is 11.8 Å². The van der Waals surface area contributed by atoms with Gasteiger partial charge in [0.25, 0.3) is 0 Å². The van der Waals surface area contributed by atoms with Crippen LogP contribution in [0.25, 0.3) is 0 Å². The highest BCUT2D eigenvalue weighted by Crippen LogP contribution is 2.41. The van der Waals surface area contributed by atoms with E-state index in [9.17, 15) is 4.79 Å². The van der Waals surface area contributed by atoms with Gasteiger partial charge < -0.3 is 0 Å². The quantitative estimate of drug-likeness (QED) is 0.796. The monoisotopic (exact) mass is 260 g/mol. The van der Waals surface area contributed by atoms with Crippen LogP contribution in [0, 0.1) is 11.8 Å². The van der Waals surface area contributed by atoms with Crippen molar-refractivity contribution in [3.8, 4) is 0 Å². The van der Waals surface area contributed by atoms with Crippen LogP contribution in [0.2, 0.25) is 0 Å². The fourth-order valence-corrected chi connectivity index (χ4v) is 4.67. The molecule has 0 bridgehead atoms. The Morgan fingerprint density at radius 3 is 3.00 bits per heavy atom. The molecule has 0 N–H and O–H groups in total. The van der Waals surface area contributed by atoms with Gasteiger partial charge >= 0.3 is 0 Å². The Bertz CT molecular complexity index is 429. The van der Waals surface area contributed by atoms with Gasteiger partial charge in [0.2, 0.25) is 0 Å². The van der Waals surface area contributed by atoms with E-state index in [0.29, 0.717) is 17.0 Å².